The fraction of sp³-hybridized carbons (Fsp3) is 0.190. The third kappa shape index (κ3) is 4.15. The van der Waals surface area contributed by atoms with Crippen molar-refractivity contribution in [2.24, 2.45) is 0 Å². The van der Waals surface area contributed by atoms with E-state index in [-0.39, 0.29) is 13.2 Å². The zero-order valence-electron chi connectivity index (χ0n) is 14.9. The molecule has 136 valence electrons. The molecule has 0 aliphatic rings. The monoisotopic (exact) mass is 363 g/mol. The van der Waals surface area contributed by atoms with Crippen LogP contribution in [0.5, 0.6) is 5.75 Å². The molecule has 0 radical (unpaired) electrons. The minimum Gasteiger partial charge on any atom is -0.482 e. The summed E-state index contributed by atoms with van der Waals surface area (Å²) >= 11 is 0. The first kappa shape index (κ1) is 18.2. The smallest absolute Gasteiger partial charge is 0.344 e. The maximum atomic E-state index is 12.0. The molecule has 3 rings (SSSR count). The number of hydrogen-bond donors (Lipinski definition) is 0. The van der Waals surface area contributed by atoms with Crippen LogP contribution in [-0.4, -0.2) is 12.6 Å². The first-order valence-electron chi connectivity index (χ1n) is 8.29. The second-order valence-corrected chi connectivity index (χ2v) is 6.06. The van der Waals surface area contributed by atoms with Gasteiger partial charge in [0.05, 0.1) is 11.6 Å². The van der Waals surface area contributed by atoms with Gasteiger partial charge in [0.25, 0.3) is 0 Å². The van der Waals surface area contributed by atoms with E-state index in [9.17, 15) is 9.59 Å². The predicted octanol–water partition coefficient (Wildman–Crippen LogP) is 3.40. The van der Waals surface area contributed by atoms with Gasteiger partial charge < -0.3 is 13.9 Å². The molecule has 1 heterocycles. The second kappa shape index (κ2) is 7.75. The number of carbonyl (C=O) groups excluding carboxylic acids is 1. The number of fused-ring (bicyclic) bond motifs is 1. The van der Waals surface area contributed by atoms with E-state index < -0.39 is 11.6 Å². The van der Waals surface area contributed by atoms with E-state index in [2.05, 4.69) is 0 Å². The van der Waals surface area contributed by atoms with Crippen molar-refractivity contribution in [2.45, 2.75) is 20.5 Å². The molecule has 0 saturated heterocycles. The fourth-order valence-electron chi connectivity index (χ4n) is 2.61. The lowest BCUT2D eigenvalue weighted by Gasteiger charge is -2.10. The van der Waals surface area contributed by atoms with E-state index in [0.29, 0.717) is 22.5 Å². The number of benzene rings is 2. The van der Waals surface area contributed by atoms with Gasteiger partial charge in [-0.2, -0.15) is 5.26 Å². The van der Waals surface area contributed by atoms with E-state index in [4.69, 9.17) is 19.2 Å². The molecule has 6 nitrogen and oxygen atoms in total. The van der Waals surface area contributed by atoms with Gasteiger partial charge in [-0.15, -0.1) is 0 Å². The van der Waals surface area contributed by atoms with Crippen LogP contribution in [0.25, 0.3) is 11.0 Å². The summed E-state index contributed by atoms with van der Waals surface area (Å²) < 4.78 is 15.9. The van der Waals surface area contributed by atoms with Gasteiger partial charge in [0.15, 0.2) is 6.61 Å². The van der Waals surface area contributed by atoms with E-state index in [0.717, 1.165) is 16.5 Å². The lowest BCUT2D eigenvalue weighted by atomic mass is 10.0. The molecular formula is C21H17NO5. The van der Waals surface area contributed by atoms with Crippen LogP contribution in [0.4, 0.5) is 0 Å². The minimum absolute atomic E-state index is 0.0554. The van der Waals surface area contributed by atoms with Gasteiger partial charge in [-0.25, -0.2) is 9.59 Å². The average Bonchev–Trinajstić information content (AvgIpc) is 2.68. The maximum Gasteiger partial charge on any atom is 0.344 e. The highest BCUT2D eigenvalue weighted by Crippen LogP contribution is 2.23. The van der Waals surface area contributed by atoms with Crippen LogP contribution in [0, 0.1) is 25.2 Å². The number of ether oxygens (including phenoxy) is 2. The Kier molecular flexibility index (Phi) is 5.23. The van der Waals surface area contributed by atoms with Gasteiger partial charge in [0.1, 0.15) is 17.9 Å². The second-order valence-electron chi connectivity index (χ2n) is 6.06. The highest BCUT2D eigenvalue weighted by molar-refractivity contribution is 5.84. The van der Waals surface area contributed by atoms with Crippen LogP contribution in [0.1, 0.15) is 22.3 Å². The Hall–Kier alpha value is -3.59. The summed E-state index contributed by atoms with van der Waals surface area (Å²) in [5.74, 6) is -0.104. The molecule has 2 aromatic carbocycles. The van der Waals surface area contributed by atoms with E-state index in [1.165, 1.54) is 6.07 Å². The standard InChI is InChI=1S/C21H17NO5/c1-13-3-8-18-16(9-19(23)27-21(18)14(13)2)11-26-20(24)12-25-17-6-4-15(10-22)5-7-17/h3-9H,11-12H2,1-2H3. The Morgan fingerprint density at radius 2 is 1.89 bits per heavy atom. The van der Waals surface area contributed by atoms with Crippen molar-refractivity contribution in [3.8, 4) is 11.8 Å². The summed E-state index contributed by atoms with van der Waals surface area (Å²) in [6.07, 6.45) is 0. The van der Waals surface area contributed by atoms with Crippen molar-refractivity contribution >= 4 is 16.9 Å². The number of aryl methyl sites for hydroxylation is 2. The Bertz CT molecular complexity index is 1090. The van der Waals surface area contributed by atoms with Gasteiger partial charge in [0.2, 0.25) is 0 Å². The number of nitriles is 1. The summed E-state index contributed by atoms with van der Waals surface area (Å²) in [5.41, 5.74) is 2.98. The molecule has 1 aromatic heterocycles. The lowest BCUT2D eigenvalue weighted by Crippen LogP contribution is -2.15. The van der Waals surface area contributed by atoms with Crippen LogP contribution in [0.3, 0.4) is 0 Å². The molecule has 0 fully saturated rings. The molecule has 0 amide bonds. The van der Waals surface area contributed by atoms with Crippen molar-refractivity contribution in [1.82, 2.24) is 0 Å². The van der Waals surface area contributed by atoms with Crippen LogP contribution < -0.4 is 10.4 Å². The van der Waals surface area contributed by atoms with E-state index in [1.807, 2.05) is 32.0 Å². The van der Waals surface area contributed by atoms with Crippen LogP contribution in [0.2, 0.25) is 0 Å². The van der Waals surface area contributed by atoms with Crippen LogP contribution in [0.15, 0.2) is 51.7 Å². The first-order valence-corrected chi connectivity index (χ1v) is 8.29. The van der Waals surface area contributed by atoms with Crippen LogP contribution >= 0.6 is 0 Å². The summed E-state index contributed by atoms with van der Waals surface area (Å²) in [5, 5.41) is 9.49. The molecular weight excluding hydrogens is 346 g/mol. The number of carbonyl (C=O) groups is 1. The molecule has 3 aromatic rings. The zero-order chi connectivity index (χ0) is 19.4. The summed E-state index contributed by atoms with van der Waals surface area (Å²) in [6.45, 7) is 3.48. The molecule has 0 N–H and O–H groups in total. The van der Waals surface area contributed by atoms with Crippen molar-refractivity contribution in [3.05, 3.63) is 75.1 Å². The number of hydrogen-bond acceptors (Lipinski definition) is 6. The Morgan fingerprint density at radius 1 is 1.15 bits per heavy atom. The maximum absolute atomic E-state index is 12.0. The van der Waals surface area contributed by atoms with Gasteiger partial charge >= 0.3 is 11.6 Å². The SMILES string of the molecule is Cc1ccc2c(COC(=O)COc3ccc(C#N)cc3)cc(=O)oc2c1C. The average molecular weight is 363 g/mol. The molecule has 0 aliphatic carbocycles. The van der Waals surface area contributed by atoms with Crippen molar-refractivity contribution in [2.75, 3.05) is 6.61 Å². The van der Waals surface area contributed by atoms with Gasteiger partial charge in [0, 0.05) is 17.0 Å². The Morgan fingerprint density at radius 3 is 2.59 bits per heavy atom. The molecule has 6 heteroatoms. The van der Waals surface area contributed by atoms with Gasteiger partial charge in [-0.3, -0.25) is 0 Å². The first-order chi connectivity index (χ1) is 13.0. The highest BCUT2D eigenvalue weighted by Gasteiger charge is 2.12. The molecule has 0 spiro atoms. The third-order valence-corrected chi connectivity index (χ3v) is 4.25. The van der Waals surface area contributed by atoms with Crippen molar-refractivity contribution in [3.63, 3.8) is 0 Å². The zero-order valence-corrected chi connectivity index (χ0v) is 14.9. The Labute approximate surface area is 155 Å². The molecule has 0 aliphatic heterocycles. The summed E-state index contributed by atoms with van der Waals surface area (Å²) in [4.78, 5) is 23.8. The number of nitrogens with zero attached hydrogens (tertiary/aromatic N) is 1. The van der Waals surface area contributed by atoms with Crippen molar-refractivity contribution < 1.29 is 18.7 Å². The van der Waals surface area contributed by atoms with E-state index >= 15 is 0 Å². The van der Waals surface area contributed by atoms with Gasteiger partial charge in [-0.05, 0) is 49.2 Å². The molecule has 27 heavy (non-hydrogen) atoms. The number of rotatable bonds is 5. The minimum atomic E-state index is -0.565. The normalized spacial score (nSPS) is 10.4. The lowest BCUT2D eigenvalue weighted by molar-refractivity contribution is -0.147. The summed E-state index contributed by atoms with van der Waals surface area (Å²) in [6, 6.07) is 13.5. The molecule has 0 atom stereocenters. The molecule has 0 saturated carbocycles. The Balaban J connectivity index is 1.67. The molecule has 0 unspecified atom stereocenters. The summed E-state index contributed by atoms with van der Waals surface area (Å²) in [7, 11) is 0. The largest absolute Gasteiger partial charge is 0.482 e. The van der Waals surface area contributed by atoms with Gasteiger partial charge in [-0.1, -0.05) is 12.1 Å². The van der Waals surface area contributed by atoms with Crippen LogP contribution in [-0.2, 0) is 16.1 Å². The quantitative estimate of drug-likeness (QED) is 0.510. The fourth-order valence-corrected chi connectivity index (χ4v) is 2.61. The number of esters is 1. The molecule has 0 bridgehead atoms. The van der Waals surface area contributed by atoms with Crippen molar-refractivity contribution in [1.29, 1.82) is 5.26 Å². The predicted molar refractivity (Wildman–Crippen MR) is 98.4 cm³/mol. The highest BCUT2D eigenvalue weighted by atomic mass is 16.6. The van der Waals surface area contributed by atoms with E-state index in [1.54, 1.807) is 24.3 Å². The third-order valence-electron chi connectivity index (χ3n) is 4.25. The topological polar surface area (TPSA) is 89.5 Å².